The Morgan fingerprint density at radius 3 is 2.92 bits per heavy atom. The number of hydrogen-bond acceptors (Lipinski definition) is 1. The van der Waals surface area contributed by atoms with Crippen molar-refractivity contribution in [3.63, 3.8) is 0 Å². The van der Waals surface area contributed by atoms with Crippen LogP contribution in [-0.2, 0) is 5.88 Å². The van der Waals surface area contributed by atoms with Crippen LogP contribution in [0.5, 0.6) is 5.75 Å². The summed E-state index contributed by atoms with van der Waals surface area (Å²) in [4.78, 5) is 0. The second-order valence-electron chi connectivity index (χ2n) is 2.63. The van der Waals surface area contributed by atoms with Gasteiger partial charge in [-0.25, -0.2) is 0 Å². The van der Waals surface area contributed by atoms with Gasteiger partial charge in [-0.2, -0.15) is 0 Å². The summed E-state index contributed by atoms with van der Waals surface area (Å²) in [7, 11) is 0. The van der Waals surface area contributed by atoms with Crippen molar-refractivity contribution in [2.45, 2.75) is 19.2 Å². The molecular weight excluding hydrogens is 172 g/mol. The molecular formula is C10H13ClO. The van der Waals surface area contributed by atoms with Crippen LogP contribution in [0, 0.1) is 0 Å². The van der Waals surface area contributed by atoms with E-state index >= 15 is 0 Å². The summed E-state index contributed by atoms with van der Waals surface area (Å²) in [5.41, 5.74) is 1.10. The zero-order valence-corrected chi connectivity index (χ0v) is 7.97. The second-order valence-corrected chi connectivity index (χ2v) is 2.90. The standard InChI is InChI=1S/C10H13ClO/c1-2-6-12-10-5-3-4-9(7-10)8-11/h3-5,7H,2,6,8H2,1H3. The number of benzene rings is 1. The molecule has 1 nitrogen and oxygen atoms in total. The first kappa shape index (κ1) is 9.40. The third kappa shape index (κ3) is 2.74. The van der Waals surface area contributed by atoms with E-state index in [1.807, 2.05) is 24.3 Å². The van der Waals surface area contributed by atoms with E-state index in [1.54, 1.807) is 0 Å². The molecule has 1 rings (SSSR count). The highest BCUT2D eigenvalue weighted by atomic mass is 35.5. The van der Waals surface area contributed by atoms with Gasteiger partial charge in [0.1, 0.15) is 5.75 Å². The molecule has 0 saturated heterocycles. The predicted molar refractivity (Wildman–Crippen MR) is 51.8 cm³/mol. The predicted octanol–water partition coefficient (Wildman–Crippen LogP) is 3.21. The first-order chi connectivity index (χ1) is 5.86. The molecule has 0 aliphatic heterocycles. The van der Waals surface area contributed by atoms with E-state index in [0.717, 1.165) is 24.3 Å². The summed E-state index contributed by atoms with van der Waals surface area (Å²) in [6.45, 7) is 2.86. The number of hydrogen-bond donors (Lipinski definition) is 0. The molecule has 0 heterocycles. The van der Waals surface area contributed by atoms with Gasteiger partial charge in [-0.15, -0.1) is 11.6 Å². The van der Waals surface area contributed by atoms with Crippen LogP contribution >= 0.6 is 11.6 Å². The monoisotopic (exact) mass is 184 g/mol. The van der Waals surface area contributed by atoms with Crippen molar-refractivity contribution < 1.29 is 4.74 Å². The molecule has 1 aromatic rings. The van der Waals surface area contributed by atoms with Gasteiger partial charge in [0.05, 0.1) is 6.61 Å². The number of ether oxygens (including phenoxy) is 1. The Bertz CT molecular complexity index is 235. The summed E-state index contributed by atoms with van der Waals surface area (Å²) in [6, 6.07) is 7.88. The molecule has 2 heteroatoms. The molecule has 1 aromatic carbocycles. The van der Waals surface area contributed by atoms with Crippen LogP contribution < -0.4 is 4.74 Å². The van der Waals surface area contributed by atoms with Crippen molar-refractivity contribution in [1.29, 1.82) is 0 Å². The SMILES string of the molecule is CCCOc1cccc(CCl)c1. The lowest BCUT2D eigenvalue weighted by Gasteiger charge is -2.04. The molecule has 0 saturated carbocycles. The van der Waals surface area contributed by atoms with Crippen molar-refractivity contribution in [3.05, 3.63) is 29.8 Å². The zero-order chi connectivity index (χ0) is 8.81. The molecule has 0 fully saturated rings. The minimum absolute atomic E-state index is 0.545. The maximum absolute atomic E-state index is 5.68. The Hall–Kier alpha value is -0.690. The topological polar surface area (TPSA) is 9.23 Å². The molecule has 12 heavy (non-hydrogen) atoms. The summed E-state index contributed by atoms with van der Waals surface area (Å²) in [5.74, 6) is 1.46. The average Bonchev–Trinajstić information content (AvgIpc) is 2.15. The number of rotatable bonds is 4. The van der Waals surface area contributed by atoms with Gasteiger partial charge in [0, 0.05) is 5.88 Å². The van der Waals surface area contributed by atoms with E-state index in [1.165, 1.54) is 0 Å². The lowest BCUT2D eigenvalue weighted by atomic mass is 10.2. The van der Waals surface area contributed by atoms with Crippen LogP contribution in [0.3, 0.4) is 0 Å². The van der Waals surface area contributed by atoms with Crippen LogP contribution in [0.25, 0.3) is 0 Å². The van der Waals surface area contributed by atoms with Gasteiger partial charge in [0.25, 0.3) is 0 Å². The Balaban J connectivity index is 2.60. The normalized spacial score (nSPS) is 9.83. The van der Waals surface area contributed by atoms with Gasteiger partial charge >= 0.3 is 0 Å². The van der Waals surface area contributed by atoms with E-state index in [2.05, 4.69) is 6.92 Å². The van der Waals surface area contributed by atoms with Crippen molar-refractivity contribution in [1.82, 2.24) is 0 Å². The van der Waals surface area contributed by atoms with Crippen molar-refractivity contribution >= 4 is 11.6 Å². The summed E-state index contributed by atoms with van der Waals surface area (Å²) >= 11 is 5.68. The van der Waals surface area contributed by atoms with Crippen LogP contribution in [-0.4, -0.2) is 6.61 Å². The fourth-order valence-corrected chi connectivity index (χ4v) is 1.10. The molecule has 0 atom stereocenters. The van der Waals surface area contributed by atoms with Gasteiger partial charge in [-0.05, 0) is 24.1 Å². The molecule has 0 amide bonds. The van der Waals surface area contributed by atoms with Gasteiger partial charge in [0.15, 0.2) is 0 Å². The lowest BCUT2D eigenvalue weighted by molar-refractivity contribution is 0.317. The molecule has 0 bridgehead atoms. The van der Waals surface area contributed by atoms with Gasteiger partial charge in [-0.1, -0.05) is 19.1 Å². The van der Waals surface area contributed by atoms with Crippen molar-refractivity contribution in [3.8, 4) is 5.75 Å². The molecule has 66 valence electrons. The summed E-state index contributed by atoms with van der Waals surface area (Å²) < 4.78 is 5.44. The minimum atomic E-state index is 0.545. The van der Waals surface area contributed by atoms with Crippen LogP contribution in [0.1, 0.15) is 18.9 Å². The molecule has 0 aliphatic rings. The molecule has 0 unspecified atom stereocenters. The van der Waals surface area contributed by atoms with E-state index in [-0.39, 0.29) is 0 Å². The summed E-state index contributed by atoms with van der Waals surface area (Å²) in [6.07, 6.45) is 1.03. The van der Waals surface area contributed by atoms with Gasteiger partial charge in [0.2, 0.25) is 0 Å². The summed E-state index contributed by atoms with van der Waals surface area (Å²) in [5, 5.41) is 0. The lowest BCUT2D eigenvalue weighted by Crippen LogP contribution is -1.94. The van der Waals surface area contributed by atoms with Crippen molar-refractivity contribution in [2.24, 2.45) is 0 Å². The highest BCUT2D eigenvalue weighted by Crippen LogP contribution is 2.14. The first-order valence-corrected chi connectivity index (χ1v) is 4.68. The maximum atomic E-state index is 5.68. The van der Waals surface area contributed by atoms with Crippen molar-refractivity contribution in [2.75, 3.05) is 6.61 Å². The number of alkyl halides is 1. The molecule has 0 aliphatic carbocycles. The minimum Gasteiger partial charge on any atom is -0.494 e. The zero-order valence-electron chi connectivity index (χ0n) is 7.22. The quantitative estimate of drug-likeness (QED) is 0.653. The average molecular weight is 185 g/mol. The molecule has 0 spiro atoms. The van der Waals surface area contributed by atoms with Crippen LogP contribution in [0.2, 0.25) is 0 Å². The molecule has 0 radical (unpaired) electrons. The highest BCUT2D eigenvalue weighted by molar-refractivity contribution is 6.17. The fraction of sp³-hybridized carbons (Fsp3) is 0.400. The largest absolute Gasteiger partial charge is 0.494 e. The highest BCUT2D eigenvalue weighted by Gasteiger charge is 1.94. The fourth-order valence-electron chi connectivity index (χ4n) is 0.938. The number of halogens is 1. The van der Waals surface area contributed by atoms with E-state index in [0.29, 0.717) is 5.88 Å². The Kier molecular flexibility index (Phi) is 3.95. The Labute approximate surface area is 78.3 Å². The van der Waals surface area contributed by atoms with Crippen LogP contribution in [0.15, 0.2) is 24.3 Å². The molecule has 0 N–H and O–H groups in total. The maximum Gasteiger partial charge on any atom is 0.119 e. The third-order valence-corrected chi connectivity index (χ3v) is 1.83. The van der Waals surface area contributed by atoms with E-state index < -0.39 is 0 Å². The Morgan fingerprint density at radius 1 is 1.42 bits per heavy atom. The van der Waals surface area contributed by atoms with Crippen LogP contribution in [0.4, 0.5) is 0 Å². The second kappa shape index (κ2) is 5.04. The molecule has 0 aromatic heterocycles. The Morgan fingerprint density at radius 2 is 2.25 bits per heavy atom. The van der Waals surface area contributed by atoms with Gasteiger partial charge < -0.3 is 4.74 Å². The van der Waals surface area contributed by atoms with E-state index in [9.17, 15) is 0 Å². The third-order valence-electron chi connectivity index (χ3n) is 1.53. The van der Waals surface area contributed by atoms with Gasteiger partial charge in [-0.3, -0.25) is 0 Å². The van der Waals surface area contributed by atoms with E-state index in [4.69, 9.17) is 16.3 Å². The first-order valence-electron chi connectivity index (χ1n) is 4.14. The smallest absolute Gasteiger partial charge is 0.119 e.